The Morgan fingerprint density at radius 1 is 1.07 bits per heavy atom. The van der Waals surface area contributed by atoms with E-state index in [2.05, 4.69) is 38.0 Å². The Bertz CT molecular complexity index is 127. The maximum atomic E-state index is 3.61. The van der Waals surface area contributed by atoms with Crippen molar-refractivity contribution in [2.24, 2.45) is 0 Å². The lowest BCUT2D eigenvalue weighted by Crippen LogP contribution is -2.44. The Morgan fingerprint density at radius 2 is 1.53 bits per heavy atom. The lowest BCUT2D eigenvalue weighted by molar-refractivity contribution is 0.343. The van der Waals surface area contributed by atoms with E-state index in [4.69, 9.17) is 0 Å². The van der Waals surface area contributed by atoms with Gasteiger partial charge in [-0.3, -0.25) is 0 Å². The first-order valence-electron chi connectivity index (χ1n) is 6.43. The van der Waals surface area contributed by atoms with Crippen molar-refractivity contribution in [2.45, 2.75) is 66.5 Å². The van der Waals surface area contributed by atoms with Crippen LogP contribution in [0.15, 0.2) is 0 Å². The van der Waals surface area contributed by atoms with E-state index in [1.54, 1.807) is 0 Å². The van der Waals surface area contributed by atoms with Crippen LogP contribution in [0, 0.1) is 0 Å². The summed E-state index contributed by atoms with van der Waals surface area (Å²) in [6.07, 6.45) is 1.30. The molecule has 0 amide bonds. The fourth-order valence-corrected chi connectivity index (χ4v) is 1.67. The van der Waals surface area contributed by atoms with Gasteiger partial charge in [-0.05, 0) is 40.8 Å². The van der Waals surface area contributed by atoms with Crippen molar-refractivity contribution < 1.29 is 0 Å². The van der Waals surface area contributed by atoms with Gasteiger partial charge in [0.2, 0.25) is 0 Å². The highest BCUT2D eigenvalue weighted by Gasteiger charge is 2.23. The molecule has 0 saturated carbocycles. The zero-order valence-electron chi connectivity index (χ0n) is 12.1. The van der Waals surface area contributed by atoms with Gasteiger partial charge in [-0.1, -0.05) is 27.7 Å². The maximum absolute atomic E-state index is 3.61. The molecule has 15 heavy (non-hydrogen) atoms. The summed E-state index contributed by atoms with van der Waals surface area (Å²) in [5, 5.41) is 3.61. The Labute approximate surface area is 97.4 Å². The molecule has 1 unspecified atom stereocenters. The number of hydrogen-bond acceptors (Lipinski definition) is 2. The van der Waals surface area contributed by atoms with Crippen molar-refractivity contribution in [3.05, 3.63) is 0 Å². The minimum atomic E-state index is 0.274. The predicted molar refractivity (Wildman–Crippen MR) is 71.5 cm³/mol. The molecule has 1 rings (SSSR count). The highest BCUT2D eigenvalue weighted by atomic mass is 15.2. The first kappa shape index (κ1) is 17.3. The molecule has 1 fully saturated rings. The molecule has 1 saturated heterocycles. The first-order valence-corrected chi connectivity index (χ1v) is 6.43. The van der Waals surface area contributed by atoms with Crippen molar-refractivity contribution in [1.29, 1.82) is 0 Å². The summed E-state index contributed by atoms with van der Waals surface area (Å²) < 4.78 is 0. The van der Waals surface area contributed by atoms with Crippen LogP contribution in [0.3, 0.4) is 0 Å². The van der Waals surface area contributed by atoms with Gasteiger partial charge < -0.3 is 10.2 Å². The second-order valence-electron chi connectivity index (χ2n) is 4.64. The van der Waals surface area contributed by atoms with E-state index >= 15 is 0 Å². The molecule has 0 radical (unpaired) electrons. The normalized spacial score (nSPS) is 21.2. The Morgan fingerprint density at radius 3 is 1.80 bits per heavy atom. The zero-order chi connectivity index (χ0) is 12.5. The van der Waals surface area contributed by atoms with E-state index in [1.807, 2.05) is 27.7 Å². The molecule has 94 valence electrons. The zero-order valence-corrected chi connectivity index (χ0v) is 12.1. The third-order valence-electron chi connectivity index (χ3n) is 2.03. The number of nitrogens with one attached hydrogen (secondary N) is 1. The average molecular weight is 216 g/mol. The predicted octanol–water partition coefficient (Wildman–Crippen LogP) is 3.13. The number of rotatable bonds is 1. The first-order chi connectivity index (χ1) is 6.97. The Kier molecular flexibility index (Phi) is 10.6. The summed E-state index contributed by atoms with van der Waals surface area (Å²) in [5.74, 6) is 0. The van der Waals surface area contributed by atoms with Crippen LogP contribution in [-0.2, 0) is 0 Å². The molecule has 0 aliphatic carbocycles. The van der Waals surface area contributed by atoms with Gasteiger partial charge in [0, 0.05) is 18.1 Å². The largest absolute Gasteiger partial charge is 0.308 e. The van der Waals surface area contributed by atoms with Gasteiger partial charge in [-0.25, -0.2) is 0 Å². The highest BCUT2D eigenvalue weighted by Crippen LogP contribution is 2.10. The standard InChI is InChI=1S/C9H20N2.2C2H6/c1-9(2,3)10-8-5-6-11(4)7-8;2*1-2/h8,10H,5-7H2,1-4H3;2*1-2H3. The second kappa shape index (κ2) is 9.17. The number of hydrogen-bond donors (Lipinski definition) is 1. The van der Waals surface area contributed by atoms with E-state index in [0.29, 0.717) is 6.04 Å². The van der Waals surface area contributed by atoms with Crippen LogP contribution >= 0.6 is 0 Å². The average Bonchev–Trinajstić information content (AvgIpc) is 2.55. The molecular formula is C13H32N2. The Hall–Kier alpha value is -0.0800. The Balaban J connectivity index is 0. The topological polar surface area (TPSA) is 15.3 Å². The van der Waals surface area contributed by atoms with Crippen LogP contribution in [0.1, 0.15) is 54.9 Å². The van der Waals surface area contributed by atoms with E-state index in [1.165, 1.54) is 19.5 Å². The van der Waals surface area contributed by atoms with Crippen molar-refractivity contribution in [3.8, 4) is 0 Å². The fourth-order valence-electron chi connectivity index (χ4n) is 1.67. The molecule has 1 aliphatic rings. The number of nitrogens with zero attached hydrogens (tertiary/aromatic N) is 1. The molecule has 0 bridgehead atoms. The van der Waals surface area contributed by atoms with Crippen LogP contribution in [0.25, 0.3) is 0 Å². The third kappa shape index (κ3) is 10.2. The molecular weight excluding hydrogens is 184 g/mol. The van der Waals surface area contributed by atoms with Crippen molar-refractivity contribution in [3.63, 3.8) is 0 Å². The summed E-state index contributed by atoms with van der Waals surface area (Å²) in [7, 11) is 2.18. The fraction of sp³-hybridized carbons (Fsp3) is 1.00. The molecule has 1 aliphatic heterocycles. The van der Waals surface area contributed by atoms with Crippen molar-refractivity contribution in [2.75, 3.05) is 20.1 Å². The summed E-state index contributed by atoms with van der Waals surface area (Å²) in [6.45, 7) is 17.1. The molecule has 1 N–H and O–H groups in total. The summed E-state index contributed by atoms with van der Waals surface area (Å²) in [5.41, 5.74) is 0.274. The molecule has 0 spiro atoms. The van der Waals surface area contributed by atoms with Gasteiger partial charge in [-0.15, -0.1) is 0 Å². The van der Waals surface area contributed by atoms with Crippen molar-refractivity contribution in [1.82, 2.24) is 10.2 Å². The van der Waals surface area contributed by atoms with Crippen LogP contribution in [0.5, 0.6) is 0 Å². The van der Waals surface area contributed by atoms with Gasteiger partial charge in [0.15, 0.2) is 0 Å². The molecule has 0 aromatic heterocycles. The summed E-state index contributed by atoms with van der Waals surface area (Å²) in [6, 6.07) is 0.708. The molecule has 2 nitrogen and oxygen atoms in total. The summed E-state index contributed by atoms with van der Waals surface area (Å²) in [4.78, 5) is 2.38. The maximum Gasteiger partial charge on any atom is 0.0211 e. The third-order valence-corrected chi connectivity index (χ3v) is 2.03. The van der Waals surface area contributed by atoms with Gasteiger partial charge >= 0.3 is 0 Å². The van der Waals surface area contributed by atoms with Crippen LogP contribution in [0.2, 0.25) is 0 Å². The minimum Gasteiger partial charge on any atom is -0.308 e. The van der Waals surface area contributed by atoms with E-state index in [0.717, 1.165) is 0 Å². The van der Waals surface area contributed by atoms with E-state index in [-0.39, 0.29) is 5.54 Å². The monoisotopic (exact) mass is 216 g/mol. The van der Waals surface area contributed by atoms with Crippen LogP contribution in [0.4, 0.5) is 0 Å². The molecule has 0 aromatic rings. The molecule has 1 atom stereocenters. The lowest BCUT2D eigenvalue weighted by atomic mass is 10.1. The SMILES string of the molecule is CC.CC.CN1CCC(NC(C)(C)C)C1. The summed E-state index contributed by atoms with van der Waals surface area (Å²) >= 11 is 0. The van der Waals surface area contributed by atoms with E-state index in [9.17, 15) is 0 Å². The number of likely N-dealkylation sites (tertiary alicyclic amines) is 1. The molecule has 0 aromatic carbocycles. The smallest absolute Gasteiger partial charge is 0.0211 e. The minimum absolute atomic E-state index is 0.274. The molecule has 2 heteroatoms. The highest BCUT2D eigenvalue weighted by molar-refractivity contribution is 4.84. The second-order valence-corrected chi connectivity index (χ2v) is 4.64. The van der Waals surface area contributed by atoms with E-state index < -0.39 is 0 Å². The van der Waals surface area contributed by atoms with Crippen LogP contribution in [-0.4, -0.2) is 36.6 Å². The van der Waals surface area contributed by atoms with Crippen LogP contribution < -0.4 is 5.32 Å². The van der Waals surface area contributed by atoms with Crippen molar-refractivity contribution >= 4 is 0 Å². The van der Waals surface area contributed by atoms with Gasteiger partial charge in [0.25, 0.3) is 0 Å². The number of likely N-dealkylation sites (N-methyl/N-ethyl adjacent to an activating group) is 1. The lowest BCUT2D eigenvalue weighted by Gasteiger charge is -2.25. The quantitative estimate of drug-likeness (QED) is 0.724. The van der Waals surface area contributed by atoms with Gasteiger partial charge in [0.05, 0.1) is 0 Å². The molecule has 1 heterocycles. The van der Waals surface area contributed by atoms with Gasteiger partial charge in [0.1, 0.15) is 0 Å². The van der Waals surface area contributed by atoms with Gasteiger partial charge in [-0.2, -0.15) is 0 Å².